The zero-order valence-corrected chi connectivity index (χ0v) is 18.3. The van der Waals surface area contributed by atoms with Crippen LogP contribution in [0.15, 0.2) is 18.5 Å². The fourth-order valence-corrected chi connectivity index (χ4v) is 3.72. The van der Waals surface area contributed by atoms with Crippen molar-refractivity contribution in [1.82, 2.24) is 24.3 Å². The van der Waals surface area contributed by atoms with Crippen molar-refractivity contribution in [1.29, 1.82) is 5.26 Å². The molecule has 0 amide bonds. The highest BCUT2D eigenvalue weighted by Crippen LogP contribution is 2.35. The third-order valence-electron chi connectivity index (χ3n) is 5.67. The first-order valence-corrected chi connectivity index (χ1v) is 10.4. The van der Waals surface area contributed by atoms with Crippen LogP contribution in [0.4, 0.5) is 11.6 Å². The van der Waals surface area contributed by atoms with Gasteiger partial charge in [0.1, 0.15) is 29.2 Å². The number of aromatic nitrogens is 5. The number of hydrogen-bond acceptors (Lipinski definition) is 7. The van der Waals surface area contributed by atoms with Crippen molar-refractivity contribution >= 4 is 46.2 Å². The topological polar surface area (TPSA) is 103 Å². The Balaban J connectivity index is 1.70. The van der Waals surface area contributed by atoms with E-state index in [1.807, 2.05) is 11.5 Å². The van der Waals surface area contributed by atoms with Gasteiger partial charge < -0.3 is 19.4 Å². The summed E-state index contributed by atoms with van der Waals surface area (Å²) >= 11 is 0. The van der Waals surface area contributed by atoms with Gasteiger partial charge in [-0.15, -0.1) is 5.10 Å². The number of nitrogens with zero attached hydrogens (tertiary/aromatic N) is 6. The number of fused-ring (bicyclic) bond motifs is 1. The number of ether oxygens (including phenoxy) is 2. The summed E-state index contributed by atoms with van der Waals surface area (Å²) in [6.07, 6.45) is 5.30. The Morgan fingerprint density at radius 2 is 2.16 bits per heavy atom. The van der Waals surface area contributed by atoms with Crippen LogP contribution in [-0.4, -0.2) is 67.7 Å². The van der Waals surface area contributed by atoms with E-state index in [1.165, 1.54) is 4.68 Å². The van der Waals surface area contributed by atoms with E-state index in [0.29, 0.717) is 41.4 Å². The second-order valence-electron chi connectivity index (χ2n) is 8.30. The van der Waals surface area contributed by atoms with Crippen LogP contribution in [0.2, 0.25) is 0 Å². The molecule has 3 aromatic rings. The predicted molar refractivity (Wildman–Crippen MR) is 122 cm³/mol. The number of methoxy groups -OCH3 is 1. The van der Waals surface area contributed by atoms with E-state index in [2.05, 4.69) is 33.4 Å². The molecule has 1 aliphatic carbocycles. The minimum absolute atomic E-state index is 0.0512. The first kappa shape index (κ1) is 22.3. The standard InChI is InChI=1S/C20H22B3N7O2/c1-11-4-5-16(11)32-18-15(9-29(28-18)20(21,22)23)26-19-25-8-13-6-14(7-24)30(17(13)27-19)12(2)10-31-3/h6,8-9,11-12,16H,4-5,10H2,1-3H3,(H,25,26,27)/t11?,12-,16?/m0/s1. The van der Waals surface area contributed by atoms with Crippen molar-refractivity contribution in [2.75, 3.05) is 19.0 Å². The van der Waals surface area contributed by atoms with Crippen LogP contribution in [0, 0.1) is 17.2 Å². The molecule has 1 saturated carbocycles. The SMILES string of the molecule is [B]C([B])([B])n1cc(Nc2ncc3cc(C#N)n([C@@H](C)COC)c3n2)c(OC2CCC2C)n1. The third-order valence-corrected chi connectivity index (χ3v) is 5.67. The normalized spacial score (nSPS) is 19.3. The van der Waals surface area contributed by atoms with Crippen LogP contribution in [0.3, 0.4) is 0 Å². The zero-order chi connectivity index (χ0) is 23.0. The van der Waals surface area contributed by atoms with Crippen LogP contribution < -0.4 is 10.1 Å². The Morgan fingerprint density at radius 1 is 1.38 bits per heavy atom. The van der Waals surface area contributed by atoms with Gasteiger partial charge in [-0.1, -0.05) is 6.92 Å². The maximum absolute atomic E-state index is 9.55. The maximum Gasteiger partial charge on any atom is 0.257 e. The number of anilines is 2. The zero-order valence-electron chi connectivity index (χ0n) is 18.3. The van der Waals surface area contributed by atoms with Crippen molar-refractivity contribution < 1.29 is 9.47 Å². The first-order chi connectivity index (χ1) is 15.2. The lowest BCUT2D eigenvalue weighted by atomic mass is 9.49. The first-order valence-electron chi connectivity index (χ1n) is 10.4. The van der Waals surface area contributed by atoms with Crippen LogP contribution in [0.25, 0.3) is 11.0 Å². The van der Waals surface area contributed by atoms with Gasteiger partial charge in [0.15, 0.2) is 0 Å². The Labute approximate surface area is 190 Å². The molecule has 0 bridgehead atoms. The van der Waals surface area contributed by atoms with Crippen LogP contribution in [-0.2, 0) is 9.97 Å². The molecule has 3 heterocycles. The molecular weight excluding hydrogens is 403 g/mol. The van der Waals surface area contributed by atoms with Crippen molar-refractivity contribution in [3.63, 3.8) is 0 Å². The van der Waals surface area contributed by atoms with Gasteiger partial charge in [-0.05, 0) is 37.0 Å². The van der Waals surface area contributed by atoms with Crippen molar-refractivity contribution in [2.24, 2.45) is 5.92 Å². The second kappa shape index (κ2) is 8.55. The minimum atomic E-state index is -1.69. The van der Waals surface area contributed by atoms with Crippen molar-refractivity contribution in [2.45, 2.75) is 44.1 Å². The molecule has 32 heavy (non-hydrogen) atoms. The summed E-state index contributed by atoms with van der Waals surface area (Å²) in [6.45, 7) is 4.51. The molecule has 1 N–H and O–H groups in total. The Bertz CT molecular complexity index is 1160. The Morgan fingerprint density at radius 3 is 2.75 bits per heavy atom. The third kappa shape index (κ3) is 4.22. The molecule has 6 radical (unpaired) electrons. The lowest BCUT2D eigenvalue weighted by Gasteiger charge is -2.33. The minimum Gasteiger partial charge on any atom is -0.472 e. The second-order valence-corrected chi connectivity index (χ2v) is 8.30. The molecule has 2 unspecified atom stereocenters. The molecule has 1 aliphatic rings. The molecule has 9 nitrogen and oxygen atoms in total. The molecule has 0 aromatic carbocycles. The van der Waals surface area contributed by atoms with Gasteiger partial charge in [-0.25, -0.2) is 4.98 Å². The van der Waals surface area contributed by atoms with Crippen molar-refractivity contribution in [3.8, 4) is 11.9 Å². The summed E-state index contributed by atoms with van der Waals surface area (Å²) in [5, 5.41) is 16.1. The molecule has 3 aromatic heterocycles. The quantitative estimate of drug-likeness (QED) is 0.549. The van der Waals surface area contributed by atoms with E-state index in [1.54, 1.807) is 25.6 Å². The average molecular weight is 425 g/mol. The van der Waals surface area contributed by atoms with Gasteiger partial charge in [0.2, 0.25) is 5.95 Å². The maximum atomic E-state index is 9.55. The molecule has 1 fully saturated rings. The van der Waals surface area contributed by atoms with Crippen LogP contribution >= 0.6 is 0 Å². The van der Waals surface area contributed by atoms with E-state index >= 15 is 0 Å². The molecular formula is C20H22B3N7O2. The highest BCUT2D eigenvalue weighted by molar-refractivity contribution is 6.56. The van der Waals surface area contributed by atoms with Gasteiger partial charge in [-0.2, -0.15) is 10.2 Å². The fourth-order valence-electron chi connectivity index (χ4n) is 3.72. The smallest absolute Gasteiger partial charge is 0.257 e. The average Bonchev–Trinajstić information content (AvgIpc) is 3.31. The lowest BCUT2D eigenvalue weighted by Crippen LogP contribution is -2.36. The highest BCUT2D eigenvalue weighted by Gasteiger charge is 2.31. The summed E-state index contributed by atoms with van der Waals surface area (Å²) in [6, 6.07) is 3.86. The monoisotopic (exact) mass is 425 g/mol. The van der Waals surface area contributed by atoms with E-state index in [0.717, 1.165) is 18.2 Å². The van der Waals surface area contributed by atoms with E-state index < -0.39 is 5.24 Å². The lowest BCUT2D eigenvalue weighted by molar-refractivity contribution is 0.0535. The molecule has 0 spiro atoms. The number of nitriles is 1. The van der Waals surface area contributed by atoms with E-state index in [9.17, 15) is 5.26 Å². The summed E-state index contributed by atoms with van der Waals surface area (Å²) in [5.41, 5.74) is 1.57. The summed E-state index contributed by atoms with van der Waals surface area (Å²) in [7, 11) is 19.0. The van der Waals surface area contributed by atoms with Gasteiger partial charge in [0.25, 0.3) is 5.88 Å². The van der Waals surface area contributed by atoms with Gasteiger partial charge in [0, 0.05) is 18.7 Å². The molecule has 158 valence electrons. The molecule has 4 rings (SSSR count). The van der Waals surface area contributed by atoms with Crippen LogP contribution in [0.5, 0.6) is 5.88 Å². The number of rotatable bonds is 8. The van der Waals surface area contributed by atoms with Crippen LogP contribution in [0.1, 0.15) is 38.4 Å². The fraction of sp³-hybridized carbons (Fsp3) is 0.500. The Hall–Kier alpha value is -2.93. The Kier molecular flexibility index (Phi) is 5.95. The summed E-state index contributed by atoms with van der Waals surface area (Å²) in [5.74, 6) is 1.04. The predicted octanol–water partition coefficient (Wildman–Crippen LogP) is 1.70. The van der Waals surface area contributed by atoms with Crippen molar-refractivity contribution in [3.05, 3.63) is 24.2 Å². The molecule has 0 saturated heterocycles. The molecule has 12 heteroatoms. The van der Waals surface area contributed by atoms with E-state index in [4.69, 9.17) is 33.0 Å². The molecule has 0 aliphatic heterocycles. The van der Waals surface area contributed by atoms with Gasteiger partial charge in [0.05, 0.1) is 42.4 Å². The highest BCUT2D eigenvalue weighted by atomic mass is 16.5. The summed E-state index contributed by atoms with van der Waals surface area (Å²) < 4.78 is 14.4. The van der Waals surface area contributed by atoms with Gasteiger partial charge in [-0.3, -0.25) is 4.68 Å². The number of nitrogens with one attached hydrogen (secondary N) is 1. The largest absolute Gasteiger partial charge is 0.472 e. The number of hydrogen-bond donors (Lipinski definition) is 1. The molecule has 3 atom stereocenters. The van der Waals surface area contributed by atoms with E-state index in [-0.39, 0.29) is 12.1 Å². The summed E-state index contributed by atoms with van der Waals surface area (Å²) in [4.78, 5) is 9.01. The van der Waals surface area contributed by atoms with Gasteiger partial charge >= 0.3 is 0 Å².